The second kappa shape index (κ2) is 11.3. The Balaban J connectivity index is 1.99. The SMILES string of the molecule is CC(C)(C)OC(=O)N1CCCC(C(=O)N(c2ccccc2)c2sc(C(=O)O)c(OCC(=O)O)c2Br)C1. The summed E-state index contributed by atoms with van der Waals surface area (Å²) in [5, 5.41) is 18.9. The van der Waals surface area contributed by atoms with Gasteiger partial charge in [0.05, 0.1) is 10.4 Å². The molecule has 194 valence electrons. The number of carboxylic acid groups (broad SMARTS) is 2. The van der Waals surface area contributed by atoms with Crippen LogP contribution in [0.1, 0.15) is 43.3 Å². The number of halogens is 1. The quantitative estimate of drug-likeness (QED) is 0.466. The van der Waals surface area contributed by atoms with Crippen molar-refractivity contribution in [1.29, 1.82) is 0 Å². The number of carbonyl (C=O) groups excluding carboxylic acids is 2. The summed E-state index contributed by atoms with van der Waals surface area (Å²) in [6, 6.07) is 8.67. The van der Waals surface area contributed by atoms with Gasteiger partial charge in [0, 0.05) is 18.8 Å². The molecule has 1 fully saturated rings. The molecule has 2 heterocycles. The summed E-state index contributed by atoms with van der Waals surface area (Å²) >= 11 is 4.12. The number of aromatic carboxylic acids is 1. The van der Waals surface area contributed by atoms with Crippen molar-refractivity contribution < 1.29 is 38.9 Å². The lowest BCUT2D eigenvalue weighted by Gasteiger charge is -2.35. The van der Waals surface area contributed by atoms with Crippen LogP contribution in [0, 0.1) is 5.92 Å². The van der Waals surface area contributed by atoms with Gasteiger partial charge in [-0.05, 0) is 61.7 Å². The van der Waals surface area contributed by atoms with Crippen molar-refractivity contribution in [1.82, 2.24) is 4.90 Å². The smallest absolute Gasteiger partial charge is 0.410 e. The van der Waals surface area contributed by atoms with Crippen LogP contribution in [0.5, 0.6) is 5.75 Å². The summed E-state index contributed by atoms with van der Waals surface area (Å²) in [7, 11) is 0. The summed E-state index contributed by atoms with van der Waals surface area (Å²) in [5.74, 6) is -3.67. The molecule has 1 aromatic carbocycles. The van der Waals surface area contributed by atoms with E-state index in [4.69, 9.17) is 14.6 Å². The molecule has 1 aliphatic heterocycles. The number of anilines is 2. The number of hydrogen-bond acceptors (Lipinski definition) is 7. The van der Waals surface area contributed by atoms with Gasteiger partial charge in [0.25, 0.3) is 0 Å². The van der Waals surface area contributed by atoms with Gasteiger partial charge in [0.1, 0.15) is 10.6 Å². The minimum Gasteiger partial charge on any atom is -0.479 e. The molecule has 0 bridgehead atoms. The highest BCUT2D eigenvalue weighted by atomic mass is 79.9. The summed E-state index contributed by atoms with van der Waals surface area (Å²) < 4.78 is 10.9. The van der Waals surface area contributed by atoms with Crippen molar-refractivity contribution in [3.63, 3.8) is 0 Å². The van der Waals surface area contributed by atoms with E-state index in [0.717, 1.165) is 11.3 Å². The van der Waals surface area contributed by atoms with Crippen molar-refractivity contribution in [2.45, 2.75) is 39.2 Å². The van der Waals surface area contributed by atoms with Gasteiger partial charge in [-0.25, -0.2) is 14.4 Å². The lowest BCUT2D eigenvalue weighted by Crippen LogP contribution is -2.47. The number of amides is 2. The molecule has 1 atom stereocenters. The number of nitrogens with zero attached hydrogens (tertiary/aromatic N) is 2. The number of ether oxygens (including phenoxy) is 2. The number of carboxylic acids is 2. The predicted octanol–water partition coefficient (Wildman–Crippen LogP) is 4.98. The van der Waals surface area contributed by atoms with E-state index < -0.39 is 36.2 Å². The van der Waals surface area contributed by atoms with Crippen LogP contribution in [0.25, 0.3) is 0 Å². The number of benzene rings is 1. The number of rotatable bonds is 7. The Morgan fingerprint density at radius 2 is 1.83 bits per heavy atom. The van der Waals surface area contributed by atoms with Crippen molar-refractivity contribution >= 4 is 61.9 Å². The second-order valence-corrected chi connectivity index (χ2v) is 10.9. The molecule has 1 saturated heterocycles. The van der Waals surface area contributed by atoms with E-state index >= 15 is 0 Å². The summed E-state index contributed by atoms with van der Waals surface area (Å²) in [5.41, 5.74) is -0.188. The first-order chi connectivity index (χ1) is 16.9. The lowest BCUT2D eigenvalue weighted by molar-refractivity contribution is -0.139. The molecular weight excluding hydrogens is 556 g/mol. The summed E-state index contributed by atoms with van der Waals surface area (Å²) in [4.78, 5) is 52.1. The summed E-state index contributed by atoms with van der Waals surface area (Å²) in [6.45, 7) is 5.17. The Hall–Kier alpha value is -3.12. The van der Waals surface area contributed by atoms with E-state index in [1.54, 1.807) is 51.1 Å². The zero-order chi connectivity index (χ0) is 26.6. The van der Waals surface area contributed by atoms with Crippen LogP contribution in [-0.4, -0.2) is 64.3 Å². The van der Waals surface area contributed by atoms with Crippen LogP contribution < -0.4 is 9.64 Å². The Labute approximate surface area is 220 Å². The van der Waals surface area contributed by atoms with E-state index in [1.807, 2.05) is 0 Å². The van der Waals surface area contributed by atoms with E-state index in [1.165, 1.54) is 9.80 Å². The first-order valence-electron chi connectivity index (χ1n) is 11.2. The van der Waals surface area contributed by atoms with Gasteiger partial charge in [-0.2, -0.15) is 0 Å². The van der Waals surface area contributed by atoms with E-state index in [2.05, 4.69) is 15.9 Å². The zero-order valence-electron chi connectivity index (χ0n) is 20.0. The predicted molar refractivity (Wildman–Crippen MR) is 136 cm³/mol. The minimum atomic E-state index is -1.32. The fourth-order valence-electron chi connectivity index (χ4n) is 3.71. The molecule has 10 nitrogen and oxygen atoms in total. The Morgan fingerprint density at radius 3 is 2.42 bits per heavy atom. The molecule has 0 radical (unpaired) electrons. The molecular formula is C24H27BrN2O8S. The van der Waals surface area contributed by atoms with Crippen LogP contribution in [0.3, 0.4) is 0 Å². The van der Waals surface area contributed by atoms with Crippen LogP contribution in [0.4, 0.5) is 15.5 Å². The van der Waals surface area contributed by atoms with E-state index in [9.17, 15) is 24.3 Å². The van der Waals surface area contributed by atoms with E-state index in [0.29, 0.717) is 25.1 Å². The van der Waals surface area contributed by atoms with Crippen LogP contribution in [0.2, 0.25) is 0 Å². The molecule has 3 rings (SSSR count). The topological polar surface area (TPSA) is 134 Å². The van der Waals surface area contributed by atoms with Gasteiger partial charge in [-0.15, -0.1) is 11.3 Å². The molecule has 1 unspecified atom stereocenters. The van der Waals surface area contributed by atoms with Gasteiger partial charge in [0.2, 0.25) is 5.91 Å². The maximum Gasteiger partial charge on any atom is 0.410 e. The molecule has 2 N–H and O–H groups in total. The van der Waals surface area contributed by atoms with Crippen molar-refractivity contribution in [3.8, 4) is 5.75 Å². The molecule has 2 aromatic rings. The third kappa shape index (κ3) is 6.55. The Kier molecular flexibility index (Phi) is 8.62. The molecule has 1 aliphatic rings. The highest BCUT2D eigenvalue weighted by molar-refractivity contribution is 9.10. The monoisotopic (exact) mass is 582 g/mol. The van der Waals surface area contributed by atoms with Gasteiger partial charge in [-0.3, -0.25) is 9.69 Å². The first-order valence-corrected chi connectivity index (χ1v) is 12.8. The van der Waals surface area contributed by atoms with Crippen molar-refractivity contribution in [2.24, 2.45) is 5.92 Å². The third-order valence-corrected chi connectivity index (χ3v) is 7.33. The van der Waals surface area contributed by atoms with Gasteiger partial charge in [-0.1, -0.05) is 18.2 Å². The summed E-state index contributed by atoms with van der Waals surface area (Å²) in [6.07, 6.45) is 0.622. The number of aliphatic carboxylic acids is 1. The van der Waals surface area contributed by atoms with Gasteiger partial charge < -0.3 is 24.6 Å². The maximum atomic E-state index is 13.9. The molecule has 0 aliphatic carbocycles. The first kappa shape index (κ1) is 27.5. The highest BCUT2D eigenvalue weighted by Crippen LogP contribution is 2.48. The van der Waals surface area contributed by atoms with Crippen LogP contribution in [0.15, 0.2) is 34.8 Å². The third-order valence-electron chi connectivity index (χ3n) is 5.19. The zero-order valence-corrected chi connectivity index (χ0v) is 22.4. The molecule has 1 aromatic heterocycles. The number of likely N-dealkylation sites (tertiary alicyclic amines) is 1. The minimum absolute atomic E-state index is 0.147. The Morgan fingerprint density at radius 1 is 1.17 bits per heavy atom. The number of para-hydroxylation sites is 1. The van der Waals surface area contributed by atoms with Crippen LogP contribution in [-0.2, 0) is 14.3 Å². The fraction of sp³-hybridized carbons (Fsp3) is 0.417. The molecule has 36 heavy (non-hydrogen) atoms. The molecule has 0 spiro atoms. The largest absolute Gasteiger partial charge is 0.479 e. The number of thiophene rings is 1. The van der Waals surface area contributed by atoms with Crippen LogP contribution >= 0.6 is 27.3 Å². The number of carbonyl (C=O) groups is 4. The van der Waals surface area contributed by atoms with Gasteiger partial charge >= 0.3 is 18.0 Å². The standard InChI is InChI=1S/C24H27BrN2O8S/c1-24(2,3)35-23(33)26-11-7-8-14(12-26)20(30)27(15-9-5-4-6-10-15)21-17(25)18(34-13-16(28)29)19(36-21)22(31)32/h4-6,9-10,14H,7-8,11-13H2,1-3H3,(H,28,29)(H,31,32). The Bertz CT molecular complexity index is 1140. The number of hydrogen-bond donors (Lipinski definition) is 2. The van der Waals surface area contributed by atoms with Crippen molar-refractivity contribution in [3.05, 3.63) is 39.7 Å². The van der Waals surface area contributed by atoms with Crippen molar-refractivity contribution in [2.75, 3.05) is 24.6 Å². The average molecular weight is 583 g/mol. The highest BCUT2D eigenvalue weighted by Gasteiger charge is 2.37. The maximum absolute atomic E-state index is 13.9. The normalized spacial score (nSPS) is 15.8. The van der Waals surface area contributed by atoms with E-state index in [-0.39, 0.29) is 32.6 Å². The lowest BCUT2D eigenvalue weighted by atomic mass is 9.96. The average Bonchev–Trinajstić information content (AvgIpc) is 3.13. The second-order valence-electron chi connectivity index (χ2n) is 9.14. The number of piperidine rings is 1. The molecule has 0 saturated carbocycles. The fourth-order valence-corrected chi connectivity index (χ4v) is 5.57. The molecule has 2 amide bonds. The van der Waals surface area contributed by atoms with Gasteiger partial charge in [0.15, 0.2) is 17.2 Å². The molecule has 12 heteroatoms.